The molecule has 0 amide bonds. The van der Waals surface area contributed by atoms with E-state index in [4.69, 9.17) is 5.73 Å². The fourth-order valence-electron chi connectivity index (χ4n) is 1.85. The van der Waals surface area contributed by atoms with Gasteiger partial charge in [-0.2, -0.15) is 5.10 Å². The number of H-pyrrole nitrogens is 1. The predicted molar refractivity (Wildman–Crippen MR) is 62.7 cm³/mol. The Kier molecular flexibility index (Phi) is 2.02. The van der Waals surface area contributed by atoms with Crippen LogP contribution >= 0.6 is 11.3 Å². The summed E-state index contributed by atoms with van der Waals surface area (Å²) >= 11 is 1.72. The second-order valence-electron chi connectivity index (χ2n) is 4.09. The van der Waals surface area contributed by atoms with Gasteiger partial charge in [-0.25, -0.2) is 0 Å². The van der Waals surface area contributed by atoms with Crippen molar-refractivity contribution in [3.8, 4) is 10.4 Å². The van der Waals surface area contributed by atoms with Crippen molar-refractivity contribution >= 4 is 17.2 Å². The van der Waals surface area contributed by atoms with E-state index in [1.165, 1.54) is 23.4 Å². The Hall–Kier alpha value is -1.29. The highest BCUT2D eigenvalue weighted by Gasteiger charge is 2.25. The summed E-state index contributed by atoms with van der Waals surface area (Å²) in [6.07, 6.45) is 3.79. The highest BCUT2D eigenvalue weighted by atomic mass is 32.1. The molecule has 0 radical (unpaired) electrons. The molecule has 2 aromatic heterocycles. The van der Waals surface area contributed by atoms with E-state index in [-0.39, 0.29) is 0 Å². The van der Waals surface area contributed by atoms with Crippen LogP contribution in [0.2, 0.25) is 0 Å². The minimum atomic E-state index is 0.633. The lowest BCUT2D eigenvalue weighted by molar-refractivity contribution is 0.798. The van der Waals surface area contributed by atoms with Gasteiger partial charge in [0.05, 0.1) is 5.56 Å². The molecule has 2 heterocycles. The van der Waals surface area contributed by atoms with Crippen LogP contribution in [-0.2, 0) is 6.42 Å². The Morgan fingerprint density at radius 2 is 2.40 bits per heavy atom. The molecule has 15 heavy (non-hydrogen) atoms. The SMILES string of the molecule is Nc1n[nH]c(CC2CC2)c1-c1cccs1. The molecule has 3 rings (SSSR count). The normalized spacial score (nSPS) is 15.7. The summed E-state index contributed by atoms with van der Waals surface area (Å²) in [5.74, 6) is 1.48. The monoisotopic (exact) mass is 219 g/mol. The van der Waals surface area contributed by atoms with Crippen molar-refractivity contribution in [1.82, 2.24) is 10.2 Å². The van der Waals surface area contributed by atoms with Crippen molar-refractivity contribution in [2.75, 3.05) is 5.73 Å². The van der Waals surface area contributed by atoms with E-state index in [0.717, 1.165) is 17.9 Å². The van der Waals surface area contributed by atoms with Crippen molar-refractivity contribution in [2.45, 2.75) is 19.3 Å². The summed E-state index contributed by atoms with van der Waals surface area (Å²) in [4.78, 5) is 1.22. The Bertz CT molecular complexity index is 454. The van der Waals surface area contributed by atoms with E-state index in [9.17, 15) is 0 Å². The standard InChI is InChI=1S/C11H13N3S/c12-11-10(9-2-1-5-15-9)8(13-14-11)6-7-3-4-7/h1-2,5,7H,3-4,6H2,(H3,12,13,14). The lowest BCUT2D eigenvalue weighted by Gasteiger charge is -2.00. The number of thiophene rings is 1. The minimum Gasteiger partial charge on any atom is -0.382 e. The first-order valence-electron chi connectivity index (χ1n) is 5.21. The van der Waals surface area contributed by atoms with Gasteiger partial charge in [0, 0.05) is 10.6 Å². The lowest BCUT2D eigenvalue weighted by Crippen LogP contribution is -1.91. The van der Waals surface area contributed by atoms with Crippen LogP contribution in [0.5, 0.6) is 0 Å². The zero-order valence-corrected chi connectivity index (χ0v) is 9.18. The van der Waals surface area contributed by atoms with Crippen molar-refractivity contribution in [3.05, 3.63) is 23.2 Å². The molecule has 1 fully saturated rings. The summed E-state index contributed by atoms with van der Waals surface area (Å²) in [5, 5.41) is 9.25. The van der Waals surface area contributed by atoms with E-state index in [0.29, 0.717) is 5.82 Å². The number of hydrogen-bond acceptors (Lipinski definition) is 3. The number of anilines is 1. The lowest BCUT2D eigenvalue weighted by atomic mass is 10.1. The number of rotatable bonds is 3. The van der Waals surface area contributed by atoms with Crippen LogP contribution in [0.3, 0.4) is 0 Å². The third-order valence-electron chi connectivity index (χ3n) is 2.83. The van der Waals surface area contributed by atoms with Crippen molar-refractivity contribution in [2.24, 2.45) is 5.92 Å². The topological polar surface area (TPSA) is 54.7 Å². The van der Waals surface area contributed by atoms with Crippen LogP contribution in [0.15, 0.2) is 17.5 Å². The summed E-state index contributed by atoms with van der Waals surface area (Å²) < 4.78 is 0. The van der Waals surface area contributed by atoms with Crippen LogP contribution in [0, 0.1) is 5.92 Å². The number of hydrogen-bond donors (Lipinski definition) is 2. The average Bonchev–Trinajstić information content (AvgIpc) is 2.74. The fourth-order valence-corrected chi connectivity index (χ4v) is 2.65. The third-order valence-corrected chi connectivity index (χ3v) is 3.71. The molecule has 0 aromatic carbocycles. The molecule has 0 spiro atoms. The molecule has 3 nitrogen and oxygen atoms in total. The van der Waals surface area contributed by atoms with Crippen LogP contribution < -0.4 is 5.73 Å². The number of nitrogens with one attached hydrogen (secondary N) is 1. The zero-order valence-electron chi connectivity index (χ0n) is 8.36. The second kappa shape index (κ2) is 3.38. The van der Waals surface area contributed by atoms with Gasteiger partial charge in [-0.1, -0.05) is 6.07 Å². The van der Waals surface area contributed by atoms with Crippen LogP contribution in [0.25, 0.3) is 10.4 Å². The van der Waals surface area contributed by atoms with Gasteiger partial charge in [-0.3, -0.25) is 5.10 Å². The first kappa shape index (κ1) is 8.97. The smallest absolute Gasteiger partial charge is 0.154 e. The Morgan fingerprint density at radius 1 is 1.53 bits per heavy atom. The first-order chi connectivity index (χ1) is 7.34. The number of aromatic nitrogens is 2. The van der Waals surface area contributed by atoms with Gasteiger partial charge in [-0.05, 0) is 36.6 Å². The second-order valence-corrected chi connectivity index (χ2v) is 5.03. The summed E-state index contributed by atoms with van der Waals surface area (Å²) in [5.41, 5.74) is 8.22. The average molecular weight is 219 g/mol. The van der Waals surface area contributed by atoms with Gasteiger partial charge in [0.1, 0.15) is 0 Å². The zero-order chi connectivity index (χ0) is 10.3. The van der Waals surface area contributed by atoms with Crippen LogP contribution in [-0.4, -0.2) is 10.2 Å². The number of nitrogens with zero attached hydrogens (tertiary/aromatic N) is 1. The van der Waals surface area contributed by atoms with E-state index in [1.807, 2.05) is 6.07 Å². The molecule has 0 unspecified atom stereocenters. The van der Waals surface area contributed by atoms with Gasteiger partial charge >= 0.3 is 0 Å². The summed E-state index contributed by atoms with van der Waals surface area (Å²) in [7, 11) is 0. The molecule has 78 valence electrons. The maximum absolute atomic E-state index is 5.89. The summed E-state index contributed by atoms with van der Waals surface area (Å²) in [6.45, 7) is 0. The van der Waals surface area contributed by atoms with Gasteiger partial charge in [-0.15, -0.1) is 11.3 Å². The largest absolute Gasteiger partial charge is 0.382 e. The fraction of sp³-hybridized carbons (Fsp3) is 0.364. The van der Waals surface area contributed by atoms with E-state index >= 15 is 0 Å². The van der Waals surface area contributed by atoms with Crippen LogP contribution in [0.1, 0.15) is 18.5 Å². The number of nitrogens with two attached hydrogens (primary N) is 1. The maximum atomic E-state index is 5.89. The number of nitrogen functional groups attached to an aromatic ring is 1. The molecule has 0 bridgehead atoms. The molecular formula is C11H13N3S. The molecule has 1 saturated carbocycles. The van der Waals surface area contributed by atoms with Gasteiger partial charge in [0.25, 0.3) is 0 Å². The van der Waals surface area contributed by atoms with E-state index < -0.39 is 0 Å². The summed E-state index contributed by atoms with van der Waals surface area (Å²) in [6, 6.07) is 4.15. The van der Waals surface area contributed by atoms with Gasteiger partial charge < -0.3 is 5.73 Å². The van der Waals surface area contributed by atoms with Crippen molar-refractivity contribution in [1.29, 1.82) is 0 Å². The minimum absolute atomic E-state index is 0.633. The molecule has 1 aliphatic rings. The highest BCUT2D eigenvalue weighted by molar-refractivity contribution is 7.13. The quantitative estimate of drug-likeness (QED) is 0.833. The molecule has 1 aliphatic carbocycles. The van der Waals surface area contributed by atoms with Crippen molar-refractivity contribution < 1.29 is 0 Å². The number of aromatic amines is 1. The predicted octanol–water partition coefficient (Wildman–Crippen LogP) is 2.67. The molecule has 4 heteroatoms. The molecule has 3 N–H and O–H groups in total. The first-order valence-corrected chi connectivity index (χ1v) is 6.09. The van der Waals surface area contributed by atoms with Gasteiger partial charge in [0.15, 0.2) is 5.82 Å². The van der Waals surface area contributed by atoms with Gasteiger partial charge in [0.2, 0.25) is 0 Å². The van der Waals surface area contributed by atoms with E-state index in [2.05, 4.69) is 21.6 Å². The Balaban J connectivity index is 2.00. The van der Waals surface area contributed by atoms with E-state index in [1.54, 1.807) is 11.3 Å². The maximum Gasteiger partial charge on any atom is 0.154 e. The molecule has 2 aromatic rings. The molecular weight excluding hydrogens is 206 g/mol. The molecule has 0 aliphatic heterocycles. The highest BCUT2D eigenvalue weighted by Crippen LogP contribution is 2.38. The Labute approximate surface area is 92.3 Å². The Morgan fingerprint density at radius 3 is 3.07 bits per heavy atom. The molecule has 0 atom stereocenters. The molecule has 0 saturated heterocycles. The van der Waals surface area contributed by atoms with Crippen molar-refractivity contribution in [3.63, 3.8) is 0 Å². The third kappa shape index (κ3) is 1.65. The van der Waals surface area contributed by atoms with Crippen LogP contribution in [0.4, 0.5) is 5.82 Å².